The standard InChI is InChI=1S/C22H26N4O2/c1-16-7-5-6-10-19(16)21(27)12-24-22(28)20(23)11-18-14-26(15-25-18)13-17-8-3-2-4-9-17/h2-10,14-15,20-21,27H,11-13,23H2,1H3,(H,24,28)/t20-,21?/m0/s1. The summed E-state index contributed by atoms with van der Waals surface area (Å²) in [6.45, 7) is 2.77. The first-order chi connectivity index (χ1) is 13.5. The molecular formula is C22H26N4O2. The molecule has 146 valence electrons. The molecule has 1 unspecified atom stereocenters. The van der Waals surface area contributed by atoms with Crippen molar-refractivity contribution in [3.05, 3.63) is 89.5 Å². The van der Waals surface area contributed by atoms with E-state index >= 15 is 0 Å². The fourth-order valence-corrected chi connectivity index (χ4v) is 3.11. The lowest BCUT2D eigenvalue weighted by Gasteiger charge is -2.16. The van der Waals surface area contributed by atoms with Crippen molar-refractivity contribution in [2.75, 3.05) is 6.54 Å². The first kappa shape index (κ1) is 19.8. The minimum Gasteiger partial charge on any atom is -0.387 e. The number of aliphatic hydroxyl groups is 1. The van der Waals surface area contributed by atoms with Crippen LogP contribution < -0.4 is 11.1 Å². The molecule has 0 radical (unpaired) electrons. The second-order valence-corrected chi connectivity index (χ2v) is 6.95. The molecule has 0 bridgehead atoms. The van der Waals surface area contributed by atoms with Gasteiger partial charge in [0, 0.05) is 25.7 Å². The van der Waals surface area contributed by atoms with Crippen molar-refractivity contribution >= 4 is 5.91 Å². The maximum Gasteiger partial charge on any atom is 0.237 e. The molecule has 3 aromatic rings. The molecule has 0 aliphatic heterocycles. The lowest BCUT2D eigenvalue weighted by atomic mass is 10.0. The Morgan fingerprint density at radius 3 is 2.64 bits per heavy atom. The van der Waals surface area contributed by atoms with Crippen LogP contribution in [0.3, 0.4) is 0 Å². The first-order valence-corrected chi connectivity index (χ1v) is 9.34. The third kappa shape index (κ3) is 5.28. The number of carbonyl (C=O) groups excluding carboxylic acids is 1. The number of hydrogen-bond acceptors (Lipinski definition) is 4. The van der Waals surface area contributed by atoms with Crippen LogP contribution in [0.1, 0.15) is 28.5 Å². The number of nitrogens with two attached hydrogens (primary N) is 1. The van der Waals surface area contributed by atoms with Crippen LogP contribution in [0, 0.1) is 6.92 Å². The van der Waals surface area contributed by atoms with Crippen LogP contribution in [0.2, 0.25) is 0 Å². The van der Waals surface area contributed by atoms with Gasteiger partial charge in [0.2, 0.25) is 5.91 Å². The Bertz CT molecular complexity index is 908. The van der Waals surface area contributed by atoms with Crippen molar-refractivity contribution in [3.8, 4) is 0 Å². The van der Waals surface area contributed by atoms with Crippen molar-refractivity contribution in [3.63, 3.8) is 0 Å². The largest absolute Gasteiger partial charge is 0.387 e. The van der Waals surface area contributed by atoms with Gasteiger partial charge in [-0.1, -0.05) is 54.6 Å². The van der Waals surface area contributed by atoms with E-state index in [1.54, 1.807) is 6.33 Å². The molecule has 1 amide bonds. The quantitative estimate of drug-likeness (QED) is 0.559. The molecule has 6 nitrogen and oxygen atoms in total. The van der Waals surface area contributed by atoms with Gasteiger partial charge < -0.3 is 20.7 Å². The van der Waals surface area contributed by atoms with Crippen molar-refractivity contribution in [2.45, 2.75) is 32.0 Å². The third-order valence-electron chi connectivity index (χ3n) is 4.68. The Balaban J connectivity index is 1.50. The van der Waals surface area contributed by atoms with Gasteiger partial charge in [0.15, 0.2) is 0 Å². The normalized spacial score (nSPS) is 13.1. The van der Waals surface area contributed by atoms with Gasteiger partial charge in [-0.25, -0.2) is 4.98 Å². The number of carbonyl (C=O) groups is 1. The highest BCUT2D eigenvalue weighted by atomic mass is 16.3. The molecule has 0 fully saturated rings. The zero-order chi connectivity index (χ0) is 19.9. The first-order valence-electron chi connectivity index (χ1n) is 9.34. The summed E-state index contributed by atoms with van der Waals surface area (Å²) in [4.78, 5) is 16.6. The zero-order valence-corrected chi connectivity index (χ0v) is 16.0. The summed E-state index contributed by atoms with van der Waals surface area (Å²) in [5, 5.41) is 13.0. The number of aryl methyl sites for hydroxylation is 1. The Labute approximate surface area is 165 Å². The van der Waals surface area contributed by atoms with Gasteiger partial charge in [0.05, 0.1) is 24.2 Å². The van der Waals surface area contributed by atoms with Crippen molar-refractivity contribution in [1.82, 2.24) is 14.9 Å². The number of amides is 1. The zero-order valence-electron chi connectivity index (χ0n) is 16.0. The molecule has 0 saturated heterocycles. The number of benzene rings is 2. The Hall–Kier alpha value is -2.96. The van der Waals surface area contributed by atoms with Gasteiger partial charge in [0.1, 0.15) is 0 Å². The minimum absolute atomic E-state index is 0.125. The van der Waals surface area contributed by atoms with Gasteiger partial charge in [-0.2, -0.15) is 0 Å². The molecule has 2 aromatic carbocycles. The predicted molar refractivity (Wildman–Crippen MR) is 109 cm³/mol. The highest BCUT2D eigenvalue weighted by Gasteiger charge is 2.17. The maximum absolute atomic E-state index is 12.3. The van der Waals surface area contributed by atoms with Crippen LogP contribution in [-0.4, -0.2) is 33.2 Å². The molecule has 6 heteroatoms. The van der Waals surface area contributed by atoms with Crippen LogP contribution in [0.15, 0.2) is 67.1 Å². The summed E-state index contributed by atoms with van der Waals surface area (Å²) in [5.74, 6) is -0.301. The second-order valence-electron chi connectivity index (χ2n) is 6.95. The Kier molecular flexibility index (Phi) is 6.57. The Morgan fingerprint density at radius 1 is 1.18 bits per heavy atom. The van der Waals surface area contributed by atoms with Crippen LogP contribution >= 0.6 is 0 Å². The highest BCUT2D eigenvalue weighted by molar-refractivity contribution is 5.81. The van der Waals surface area contributed by atoms with E-state index in [0.717, 1.165) is 23.4 Å². The molecule has 0 aliphatic rings. The number of nitrogens with zero attached hydrogens (tertiary/aromatic N) is 2. The number of imidazole rings is 1. The number of nitrogens with one attached hydrogen (secondary N) is 1. The highest BCUT2D eigenvalue weighted by Crippen LogP contribution is 2.16. The number of aromatic nitrogens is 2. The molecule has 1 heterocycles. The summed E-state index contributed by atoms with van der Waals surface area (Å²) in [6.07, 6.45) is 3.23. The number of rotatable bonds is 8. The summed E-state index contributed by atoms with van der Waals surface area (Å²) in [6, 6.07) is 16.9. The van der Waals surface area contributed by atoms with E-state index in [9.17, 15) is 9.90 Å². The van der Waals surface area contributed by atoms with E-state index in [0.29, 0.717) is 6.42 Å². The maximum atomic E-state index is 12.3. The molecule has 0 spiro atoms. The lowest BCUT2D eigenvalue weighted by molar-refractivity contribution is -0.122. The van der Waals surface area contributed by atoms with Crippen LogP contribution in [0.4, 0.5) is 0 Å². The van der Waals surface area contributed by atoms with E-state index in [-0.39, 0.29) is 12.5 Å². The minimum atomic E-state index is -0.762. The predicted octanol–water partition coefficient (Wildman–Crippen LogP) is 1.96. The smallest absolute Gasteiger partial charge is 0.237 e. The van der Waals surface area contributed by atoms with E-state index in [1.807, 2.05) is 60.2 Å². The van der Waals surface area contributed by atoms with Gasteiger partial charge in [0.25, 0.3) is 0 Å². The molecule has 1 aromatic heterocycles. The number of hydrogen-bond donors (Lipinski definition) is 3. The van der Waals surface area contributed by atoms with Crippen molar-refractivity contribution in [1.29, 1.82) is 0 Å². The van der Waals surface area contributed by atoms with Gasteiger partial charge >= 0.3 is 0 Å². The third-order valence-corrected chi connectivity index (χ3v) is 4.68. The monoisotopic (exact) mass is 378 g/mol. The van der Waals surface area contributed by atoms with E-state index in [1.165, 1.54) is 5.56 Å². The van der Waals surface area contributed by atoms with Gasteiger partial charge in [-0.15, -0.1) is 0 Å². The average Bonchev–Trinajstić information content (AvgIpc) is 3.13. The molecule has 0 saturated carbocycles. The summed E-state index contributed by atoms with van der Waals surface area (Å²) >= 11 is 0. The molecule has 3 rings (SSSR count). The summed E-state index contributed by atoms with van der Waals surface area (Å²) < 4.78 is 1.97. The number of aliphatic hydroxyl groups excluding tert-OH is 1. The molecule has 2 atom stereocenters. The van der Waals surface area contributed by atoms with Gasteiger partial charge in [-0.05, 0) is 23.6 Å². The van der Waals surface area contributed by atoms with Gasteiger partial charge in [-0.3, -0.25) is 4.79 Å². The van der Waals surface area contributed by atoms with Crippen LogP contribution in [0.5, 0.6) is 0 Å². The van der Waals surface area contributed by atoms with Crippen molar-refractivity contribution < 1.29 is 9.90 Å². The molecule has 0 aliphatic carbocycles. The lowest BCUT2D eigenvalue weighted by Crippen LogP contribution is -2.43. The molecule has 4 N–H and O–H groups in total. The van der Waals surface area contributed by atoms with E-state index in [2.05, 4.69) is 22.4 Å². The SMILES string of the molecule is Cc1ccccc1C(O)CNC(=O)[C@@H](N)Cc1cn(Cc2ccccc2)cn1. The topological polar surface area (TPSA) is 93.2 Å². The van der Waals surface area contributed by atoms with Crippen LogP contribution in [-0.2, 0) is 17.8 Å². The molecular weight excluding hydrogens is 352 g/mol. The fraction of sp³-hybridized carbons (Fsp3) is 0.273. The van der Waals surface area contributed by atoms with Crippen LogP contribution in [0.25, 0.3) is 0 Å². The van der Waals surface area contributed by atoms with Crippen molar-refractivity contribution in [2.24, 2.45) is 5.73 Å². The average molecular weight is 378 g/mol. The van der Waals surface area contributed by atoms with E-state index < -0.39 is 12.1 Å². The second kappa shape index (κ2) is 9.30. The molecule has 28 heavy (non-hydrogen) atoms. The van der Waals surface area contributed by atoms with E-state index in [4.69, 9.17) is 5.73 Å². The summed E-state index contributed by atoms with van der Waals surface area (Å²) in [7, 11) is 0. The fourth-order valence-electron chi connectivity index (χ4n) is 3.11. The Morgan fingerprint density at radius 2 is 1.89 bits per heavy atom. The summed E-state index contributed by atoms with van der Waals surface area (Å²) in [5.41, 5.74) is 9.75.